The summed E-state index contributed by atoms with van der Waals surface area (Å²) >= 11 is 0. The Labute approximate surface area is 54.2 Å². The Hall–Kier alpha value is -0.890. The first kappa shape index (κ1) is 6.23. The minimum atomic E-state index is 0.452. The zero-order chi connectivity index (χ0) is 6.53. The second kappa shape index (κ2) is 3.20. The SMILES string of the molecule is O[C]Cc1cccnc1. The van der Waals surface area contributed by atoms with Crippen LogP contribution in [-0.4, -0.2) is 10.1 Å². The second-order valence-corrected chi connectivity index (χ2v) is 1.70. The van der Waals surface area contributed by atoms with E-state index >= 15 is 0 Å². The van der Waals surface area contributed by atoms with Gasteiger partial charge in [0.25, 0.3) is 0 Å². The fourth-order valence-corrected chi connectivity index (χ4v) is 0.594. The quantitative estimate of drug-likeness (QED) is 0.634. The van der Waals surface area contributed by atoms with E-state index in [0.29, 0.717) is 6.42 Å². The van der Waals surface area contributed by atoms with Crippen LogP contribution in [0.3, 0.4) is 0 Å². The number of nitrogens with zero attached hydrogens (tertiary/aromatic N) is 1. The van der Waals surface area contributed by atoms with Gasteiger partial charge in [-0.1, -0.05) is 6.07 Å². The Kier molecular flexibility index (Phi) is 2.22. The van der Waals surface area contributed by atoms with Crippen LogP contribution in [0.15, 0.2) is 24.5 Å². The van der Waals surface area contributed by atoms with Crippen molar-refractivity contribution in [3.63, 3.8) is 0 Å². The Morgan fingerprint density at radius 3 is 3.11 bits per heavy atom. The fourth-order valence-electron chi connectivity index (χ4n) is 0.594. The molecule has 0 aliphatic carbocycles. The molecule has 1 aromatic heterocycles. The van der Waals surface area contributed by atoms with Crippen LogP contribution in [0, 0.1) is 6.61 Å². The average molecular weight is 121 g/mol. The lowest BCUT2D eigenvalue weighted by Gasteiger charge is -1.91. The molecule has 2 heteroatoms. The average Bonchev–Trinajstić information content (AvgIpc) is 1.91. The van der Waals surface area contributed by atoms with Crippen LogP contribution in [0.25, 0.3) is 0 Å². The molecule has 1 N–H and O–H groups in total. The van der Waals surface area contributed by atoms with Gasteiger partial charge in [-0.3, -0.25) is 4.98 Å². The van der Waals surface area contributed by atoms with Gasteiger partial charge in [-0.25, -0.2) is 0 Å². The topological polar surface area (TPSA) is 33.1 Å². The van der Waals surface area contributed by atoms with Gasteiger partial charge in [0.1, 0.15) is 6.61 Å². The van der Waals surface area contributed by atoms with E-state index in [1.807, 2.05) is 18.7 Å². The van der Waals surface area contributed by atoms with Crippen molar-refractivity contribution >= 4 is 0 Å². The van der Waals surface area contributed by atoms with Crippen molar-refractivity contribution in [3.8, 4) is 0 Å². The van der Waals surface area contributed by atoms with Crippen LogP contribution < -0.4 is 0 Å². The number of hydrogen-bond donors (Lipinski definition) is 1. The van der Waals surface area contributed by atoms with E-state index in [2.05, 4.69) is 4.98 Å². The van der Waals surface area contributed by atoms with E-state index in [-0.39, 0.29) is 0 Å². The molecule has 2 nitrogen and oxygen atoms in total. The third-order valence-electron chi connectivity index (χ3n) is 1.01. The van der Waals surface area contributed by atoms with Crippen LogP contribution in [0.4, 0.5) is 0 Å². The Morgan fingerprint density at radius 1 is 1.67 bits per heavy atom. The van der Waals surface area contributed by atoms with E-state index < -0.39 is 0 Å². The third kappa shape index (κ3) is 1.82. The highest BCUT2D eigenvalue weighted by Gasteiger charge is 1.87. The zero-order valence-corrected chi connectivity index (χ0v) is 4.91. The third-order valence-corrected chi connectivity index (χ3v) is 1.01. The Balaban J connectivity index is 2.61. The molecular weight excluding hydrogens is 114 g/mol. The van der Waals surface area contributed by atoms with E-state index in [9.17, 15) is 0 Å². The van der Waals surface area contributed by atoms with Crippen molar-refractivity contribution < 1.29 is 5.11 Å². The highest BCUT2D eigenvalue weighted by Crippen LogP contribution is 1.96. The number of hydrogen-bond acceptors (Lipinski definition) is 2. The number of aliphatic hydroxyl groups excluding tert-OH is 1. The lowest BCUT2D eigenvalue weighted by atomic mass is 10.2. The normalized spacial score (nSPS) is 9.44. The summed E-state index contributed by atoms with van der Waals surface area (Å²) in [5.74, 6) is 0. The summed E-state index contributed by atoms with van der Waals surface area (Å²) in [7, 11) is 0. The molecule has 0 saturated carbocycles. The first-order chi connectivity index (χ1) is 4.43. The van der Waals surface area contributed by atoms with Gasteiger partial charge in [0.2, 0.25) is 0 Å². The van der Waals surface area contributed by atoms with Crippen molar-refractivity contribution in [3.05, 3.63) is 36.7 Å². The first-order valence-electron chi connectivity index (χ1n) is 2.69. The van der Waals surface area contributed by atoms with Gasteiger partial charge in [-0.15, -0.1) is 0 Å². The predicted molar refractivity (Wildman–Crippen MR) is 33.1 cm³/mol. The standard InChI is InChI=1S/C7H7NO/c9-5-3-7-2-1-4-8-6-7/h1-2,4,6,9H,3H2. The molecule has 0 fully saturated rings. The highest BCUT2D eigenvalue weighted by atomic mass is 16.2. The molecule has 1 rings (SSSR count). The van der Waals surface area contributed by atoms with Gasteiger partial charge in [-0.05, 0) is 11.6 Å². The summed E-state index contributed by atoms with van der Waals surface area (Å²) in [5.41, 5.74) is 0.972. The summed E-state index contributed by atoms with van der Waals surface area (Å²) < 4.78 is 0. The lowest BCUT2D eigenvalue weighted by Crippen LogP contribution is -1.84. The summed E-state index contributed by atoms with van der Waals surface area (Å²) in [4.78, 5) is 3.85. The molecule has 0 bridgehead atoms. The number of pyridine rings is 1. The molecular formula is C7H7NO. The molecule has 0 aliphatic rings. The number of rotatable bonds is 2. The molecule has 0 aromatic carbocycles. The molecule has 0 spiro atoms. The fraction of sp³-hybridized carbons (Fsp3) is 0.143. The Bertz CT molecular complexity index is 162. The van der Waals surface area contributed by atoms with Gasteiger partial charge >= 0.3 is 0 Å². The first-order valence-corrected chi connectivity index (χ1v) is 2.69. The van der Waals surface area contributed by atoms with Crippen LogP contribution in [-0.2, 0) is 6.42 Å². The smallest absolute Gasteiger partial charge is 0.132 e. The van der Waals surface area contributed by atoms with Gasteiger partial charge in [0.05, 0.1) is 0 Å². The summed E-state index contributed by atoms with van der Waals surface area (Å²) in [5, 5.41) is 8.24. The maximum atomic E-state index is 8.24. The lowest BCUT2D eigenvalue weighted by molar-refractivity contribution is 0.385. The maximum Gasteiger partial charge on any atom is 0.132 e. The van der Waals surface area contributed by atoms with Crippen molar-refractivity contribution in [1.82, 2.24) is 4.98 Å². The number of aliphatic hydroxyl groups is 1. The van der Waals surface area contributed by atoms with Crippen molar-refractivity contribution in [1.29, 1.82) is 0 Å². The van der Waals surface area contributed by atoms with Crippen molar-refractivity contribution in [2.24, 2.45) is 0 Å². The van der Waals surface area contributed by atoms with Crippen LogP contribution >= 0.6 is 0 Å². The zero-order valence-electron chi connectivity index (χ0n) is 4.91. The van der Waals surface area contributed by atoms with Gasteiger partial charge in [0.15, 0.2) is 0 Å². The summed E-state index contributed by atoms with van der Waals surface area (Å²) in [6.45, 7) is 2.04. The monoisotopic (exact) mass is 121 g/mol. The van der Waals surface area contributed by atoms with Gasteiger partial charge in [-0.2, -0.15) is 0 Å². The molecule has 0 saturated heterocycles. The molecule has 0 atom stereocenters. The molecule has 9 heavy (non-hydrogen) atoms. The molecule has 0 unspecified atom stereocenters. The van der Waals surface area contributed by atoms with Gasteiger partial charge in [0, 0.05) is 18.8 Å². The highest BCUT2D eigenvalue weighted by molar-refractivity contribution is 5.09. The molecule has 0 amide bonds. The molecule has 0 aliphatic heterocycles. The van der Waals surface area contributed by atoms with E-state index in [0.717, 1.165) is 5.56 Å². The largest absolute Gasteiger partial charge is 0.383 e. The molecule has 1 heterocycles. The van der Waals surface area contributed by atoms with Crippen molar-refractivity contribution in [2.45, 2.75) is 6.42 Å². The van der Waals surface area contributed by atoms with E-state index in [1.165, 1.54) is 0 Å². The van der Waals surface area contributed by atoms with Crippen LogP contribution in [0.5, 0.6) is 0 Å². The molecule has 1 aromatic rings. The number of aromatic nitrogens is 1. The van der Waals surface area contributed by atoms with E-state index in [4.69, 9.17) is 5.11 Å². The summed E-state index contributed by atoms with van der Waals surface area (Å²) in [6.07, 6.45) is 3.85. The second-order valence-electron chi connectivity index (χ2n) is 1.70. The molecule has 46 valence electrons. The molecule has 2 radical (unpaired) electrons. The van der Waals surface area contributed by atoms with Crippen LogP contribution in [0.1, 0.15) is 5.56 Å². The maximum absolute atomic E-state index is 8.24. The van der Waals surface area contributed by atoms with Gasteiger partial charge < -0.3 is 5.11 Å². The minimum absolute atomic E-state index is 0.452. The van der Waals surface area contributed by atoms with Crippen LogP contribution in [0.2, 0.25) is 0 Å². The predicted octanol–water partition coefficient (Wildman–Crippen LogP) is 1.04. The summed E-state index contributed by atoms with van der Waals surface area (Å²) in [6, 6.07) is 3.71. The van der Waals surface area contributed by atoms with E-state index in [1.54, 1.807) is 12.4 Å². The Morgan fingerprint density at radius 2 is 2.56 bits per heavy atom. The minimum Gasteiger partial charge on any atom is -0.383 e. The van der Waals surface area contributed by atoms with Crippen molar-refractivity contribution in [2.75, 3.05) is 0 Å².